The van der Waals surface area contributed by atoms with Crippen molar-refractivity contribution in [1.29, 1.82) is 0 Å². The van der Waals surface area contributed by atoms with E-state index < -0.39 is 15.9 Å². The lowest BCUT2D eigenvalue weighted by molar-refractivity contribution is -0.120. The van der Waals surface area contributed by atoms with Gasteiger partial charge in [-0.05, 0) is 19.8 Å². The number of piperidine rings is 1. The highest BCUT2D eigenvalue weighted by molar-refractivity contribution is 7.89. The van der Waals surface area contributed by atoms with Crippen molar-refractivity contribution in [1.82, 2.24) is 28.8 Å². The molecule has 2 amide bonds. The summed E-state index contributed by atoms with van der Waals surface area (Å²) in [5.41, 5.74) is 0.661. The average molecular weight is 480 g/mol. The SMILES string of the molecule is CCn1ncc(NC(=O)[C@H]2CCCN(S(=O)(=O)c3cnn(C)c3)C2)c1C(=O)N1CCOCC1. The summed E-state index contributed by atoms with van der Waals surface area (Å²) < 4.78 is 35.6. The number of amides is 2. The Balaban J connectivity index is 1.49. The molecule has 13 heteroatoms. The van der Waals surface area contributed by atoms with Gasteiger partial charge in [-0.1, -0.05) is 0 Å². The van der Waals surface area contributed by atoms with E-state index in [0.717, 1.165) is 0 Å². The van der Waals surface area contributed by atoms with Gasteiger partial charge in [-0.3, -0.25) is 19.0 Å². The lowest BCUT2D eigenvalue weighted by atomic mass is 9.98. The minimum atomic E-state index is -3.74. The van der Waals surface area contributed by atoms with Crippen molar-refractivity contribution in [3.05, 3.63) is 24.3 Å². The van der Waals surface area contributed by atoms with Gasteiger partial charge in [0.2, 0.25) is 15.9 Å². The number of sulfonamides is 1. The van der Waals surface area contributed by atoms with Crippen molar-refractivity contribution in [3.8, 4) is 0 Å². The first-order valence-corrected chi connectivity index (χ1v) is 12.5. The predicted molar refractivity (Wildman–Crippen MR) is 118 cm³/mol. The van der Waals surface area contributed by atoms with Crippen LogP contribution in [0.1, 0.15) is 30.3 Å². The average Bonchev–Trinajstić information content (AvgIpc) is 3.45. The zero-order valence-corrected chi connectivity index (χ0v) is 19.6. The molecule has 4 heterocycles. The number of nitrogens with one attached hydrogen (secondary N) is 1. The van der Waals surface area contributed by atoms with Crippen molar-refractivity contribution < 1.29 is 22.7 Å². The Kier molecular flexibility index (Phi) is 6.81. The van der Waals surface area contributed by atoms with E-state index >= 15 is 0 Å². The van der Waals surface area contributed by atoms with Crippen LogP contribution in [0.2, 0.25) is 0 Å². The maximum Gasteiger partial charge on any atom is 0.274 e. The van der Waals surface area contributed by atoms with Crippen LogP contribution in [0.5, 0.6) is 0 Å². The Bertz CT molecular complexity index is 1120. The number of ether oxygens (including phenoxy) is 1. The molecule has 33 heavy (non-hydrogen) atoms. The Morgan fingerprint density at radius 1 is 1.18 bits per heavy atom. The highest BCUT2D eigenvalue weighted by atomic mass is 32.2. The fourth-order valence-electron chi connectivity index (χ4n) is 4.15. The Morgan fingerprint density at radius 2 is 1.94 bits per heavy atom. The van der Waals surface area contributed by atoms with Crippen LogP contribution in [0.4, 0.5) is 5.69 Å². The number of carbonyl (C=O) groups excluding carboxylic acids is 2. The molecule has 2 fully saturated rings. The highest BCUT2D eigenvalue weighted by Gasteiger charge is 2.35. The Morgan fingerprint density at radius 3 is 2.61 bits per heavy atom. The van der Waals surface area contributed by atoms with E-state index in [9.17, 15) is 18.0 Å². The van der Waals surface area contributed by atoms with Crippen molar-refractivity contribution in [3.63, 3.8) is 0 Å². The van der Waals surface area contributed by atoms with Gasteiger partial charge in [0.15, 0.2) is 0 Å². The number of carbonyl (C=O) groups is 2. The second-order valence-electron chi connectivity index (χ2n) is 8.17. The third kappa shape index (κ3) is 4.80. The molecule has 0 spiro atoms. The number of anilines is 1. The second kappa shape index (κ2) is 9.61. The van der Waals surface area contributed by atoms with Crippen molar-refractivity contribution in [2.75, 3.05) is 44.7 Å². The highest BCUT2D eigenvalue weighted by Crippen LogP contribution is 2.26. The van der Waals surface area contributed by atoms with Crippen molar-refractivity contribution in [2.24, 2.45) is 13.0 Å². The van der Waals surface area contributed by atoms with Crippen LogP contribution in [0.25, 0.3) is 0 Å². The summed E-state index contributed by atoms with van der Waals surface area (Å²) in [4.78, 5) is 28.0. The topological polar surface area (TPSA) is 132 Å². The molecule has 2 aromatic heterocycles. The van der Waals surface area contributed by atoms with Crippen LogP contribution in [-0.4, -0.2) is 88.4 Å². The van der Waals surface area contributed by atoms with E-state index in [2.05, 4.69) is 15.5 Å². The summed E-state index contributed by atoms with van der Waals surface area (Å²) in [6, 6.07) is 0. The lowest BCUT2D eigenvalue weighted by Gasteiger charge is -2.31. The van der Waals surface area contributed by atoms with Gasteiger partial charge >= 0.3 is 0 Å². The number of aryl methyl sites for hydroxylation is 2. The van der Waals surface area contributed by atoms with Gasteiger partial charge in [-0.2, -0.15) is 14.5 Å². The van der Waals surface area contributed by atoms with Crippen LogP contribution in [0.15, 0.2) is 23.5 Å². The molecule has 2 saturated heterocycles. The van der Waals surface area contributed by atoms with E-state index in [1.165, 1.54) is 27.6 Å². The Hall–Kier alpha value is -2.77. The fourth-order valence-corrected chi connectivity index (χ4v) is 5.66. The maximum atomic E-state index is 13.1. The quantitative estimate of drug-likeness (QED) is 0.624. The molecule has 12 nitrogen and oxygen atoms in total. The van der Waals surface area contributed by atoms with Gasteiger partial charge in [-0.15, -0.1) is 0 Å². The first-order chi connectivity index (χ1) is 15.8. The first kappa shape index (κ1) is 23.4. The molecule has 0 bridgehead atoms. The number of hydrogen-bond donors (Lipinski definition) is 1. The van der Waals surface area contributed by atoms with Gasteiger partial charge in [0, 0.05) is 46.0 Å². The normalized spacial score (nSPS) is 20.1. The third-order valence-electron chi connectivity index (χ3n) is 5.97. The van der Waals surface area contributed by atoms with E-state index in [-0.39, 0.29) is 23.3 Å². The molecule has 4 rings (SSSR count). The lowest BCUT2D eigenvalue weighted by Crippen LogP contribution is -2.44. The van der Waals surface area contributed by atoms with Crippen LogP contribution in [0.3, 0.4) is 0 Å². The van der Waals surface area contributed by atoms with E-state index in [1.54, 1.807) is 16.6 Å². The molecule has 0 aromatic carbocycles. The molecule has 2 aromatic rings. The number of morpholine rings is 1. The summed E-state index contributed by atoms with van der Waals surface area (Å²) in [5.74, 6) is -1.08. The van der Waals surface area contributed by atoms with E-state index in [0.29, 0.717) is 63.6 Å². The molecule has 180 valence electrons. The fraction of sp³-hybridized carbons (Fsp3) is 0.600. The van der Waals surface area contributed by atoms with E-state index in [4.69, 9.17) is 4.74 Å². The zero-order valence-electron chi connectivity index (χ0n) is 18.8. The van der Waals surface area contributed by atoms with Gasteiger partial charge < -0.3 is 15.0 Å². The van der Waals surface area contributed by atoms with Crippen LogP contribution >= 0.6 is 0 Å². The zero-order chi connectivity index (χ0) is 23.6. The largest absolute Gasteiger partial charge is 0.378 e. The molecular weight excluding hydrogens is 450 g/mol. The van der Waals surface area contributed by atoms with Crippen molar-refractivity contribution >= 4 is 27.5 Å². The summed E-state index contributed by atoms with van der Waals surface area (Å²) in [6.45, 7) is 4.65. The minimum Gasteiger partial charge on any atom is -0.378 e. The molecular formula is C20H29N7O5S. The first-order valence-electron chi connectivity index (χ1n) is 11.0. The molecule has 0 aliphatic carbocycles. The number of nitrogens with zero attached hydrogens (tertiary/aromatic N) is 6. The monoisotopic (exact) mass is 479 g/mol. The molecule has 1 atom stereocenters. The number of hydrogen-bond acceptors (Lipinski definition) is 7. The predicted octanol–water partition coefficient (Wildman–Crippen LogP) is 0.148. The third-order valence-corrected chi connectivity index (χ3v) is 7.79. The molecule has 2 aliphatic heterocycles. The number of aromatic nitrogens is 4. The van der Waals surface area contributed by atoms with Crippen LogP contribution < -0.4 is 5.32 Å². The summed E-state index contributed by atoms with van der Waals surface area (Å²) in [7, 11) is -2.09. The summed E-state index contributed by atoms with van der Waals surface area (Å²) >= 11 is 0. The van der Waals surface area contributed by atoms with E-state index in [1.807, 2.05) is 6.92 Å². The molecule has 0 unspecified atom stereocenters. The minimum absolute atomic E-state index is 0.0672. The summed E-state index contributed by atoms with van der Waals surface area (Å²) in [5, 5.41) is 11.0. The Labute approximate surface area is 192 Å². The van der Waals surface area contributed by atoms with Gasteiger partial charge in [0.05, 0.1) is 37.2 Å². The van der Waals surface area contributed by atoms with Gasteiger partial charge in [-0.25, -0.2) is 8.42 Å². The van der Waals surface area contributed by atoms with Crippen LogP contribution in [0, 0.1) is 5.92 Å². The molecule has 0 radical (unpaired) electrons. The number of rotatable bonds is 6. The standard InChI is InChI=1S/C20H29N7O5S/c1-3-27-18(20(29)25-7-9-32-10-8-25)17(12-22-27)23-19(28)15-5-4-6-26(13-15)33(30,31)16-11-21-24(2)14-16/h11-12,14-15H,3-10,13H2,1-2H3,(H,23,28)/t15-/m0/s1. The second-order valence-corrected chi connectivity index (χ2v) is 10.1. The van der Waals surface area contributed by atoms with Crippen molar-refractivity contribution in [2.45, 2.75) is 31.2 Å². The molecule has 0 saturated carbocycles. The summed E-state index contributed by atoms with van der Waals surface area (Å²) in [6.07, 6.45) is 5.34. The van der Waals surface area contributed by atoms with Crippen LogP contribution in [-0.2, 0) is 33.1 Å². The molecule has 2 aliphatic rings. The van der Waals surface area contributed by atoms with Gasteiger partial charge in [0.1, 0.15) is 10.6 Å². The maximum absolute atomic E-state index is 13.1. The van der Waals surface area contributed by atoms with Gasteiger partial charge in [0.25, 0.3) is 5.91 Å². The smallest absolute Gasteiger partial charge is 0.274 e. The molecule has 1 N–H and O–H groups in total.